The fourth-order valence-corrected chi connectivity index (χ4v) is 2.39. The van der Waals surface area contributed by atoms with Gasteiger partial charge in [-0.25, -0.2) is 0 Å². The molecule has 0 atom stereocenters. The van der Waals surface area contributed by atoms with Crippen LogP contribution in [0.3, 0.4) is 0 Å². The zero-order chi connectivity index (χ0) is 7.84. The number of fused-ring (bicyclic) bond motifs is 1. The van der Waals surface area contributed by atoms with Gasteiger partial charge in [0.2, 0.25) is 0 Å². The van der Waals surface area contributed by atoms with E-state index in [1.807, 2.05) is 0 Å². The van der Waals surface area contributed by atoms with E-state index in [1.165, 1.54) is 17.9 Å². The van der Waals surface area contributed by atoms with Gasteiger partial charge < -0.3 is 4.90 Å². The van der Waals surface area contributed by atoms with Gasteiger partial charge in [-0.15, -0.1) is 0 Å². The molecule has 1 saturated heterocycles. The van der Waals surface area contributed by atoms with Crippen LogP contribution in [-0.2, 0) is 0 Å². The molecule has 2 aliphatic rings. The van der Waals surface area contributed by atoms with Gasteiger partial charge in [-0.2, -0.15) is 0 Å². The van der Waals surface area contributed by atoms with E-state index >= 15 is 0 Å². The van der Waals surface area contributed by atoms with E-state index in [1.54, 1.807) is 11.8 Å². The molecule has 0 radical (unpaired) electrons. The van der Waals surface area contributed by atoms with Crippen LogP contribution < -0.4 is 0 Å². The van der Waals surface area contributed by atoms with Gasteiger partial charge in [0.1, 0.15) is 0 Å². The van der Waals surface area contributed by atoms with E-state index in [4.69, 9.17) is 0 Å². The summed E-state index contributed by atoms with van der Waals surface area (Å²) in [4.78, 5) is 3.37. The first-order valence-corrected chi connectivity index (χ1v) is 4.64. The molecule has 0 spiro atoms. The molecule has 0 bridgehead atoms. The lowest BCUT2D eigenvalue weighted by Crippen LogP contribution is -2.19. The summed E-state index contributed by atoms with van der Waals surface area (Å²) >= 11 is 1.75. The number of allylic oxidation sites excluding steroid dienone is 1. The number of thioether (sulfide) groups is 1. The van der Waals surface area contributed by atoms with E-state index in [0.29, 0.717) is 0 Å². The molecule has 2 rings (SSSR count). The summed E-state index contributed by atoms with van der Waals surface area (Å²) in [5, 5.41) is 1.34. The van der Waals surface area contributed by atoms with Crippen LogP contribution in [0.4, 0.5) is 0 Å². The van der Waals surface area contributed by atoms with Crippen LogP contribution in [0.5, 0.6) is 0 Å². The molecule has 2 heteroatoms. The van der Waals surface area contributed by atoms with Gasteiger partial charge in [-0.1, -0.05) is 31.0 Å². The molecule has 0 amide bonds. The Balaban J connectivity index is 2.33. The van der Waals surface area contributed by atoms with Crippen molar-refractivity contribution >= 4 is 11.8 Å². The second kappa shape index (κ2) is 2.45. The van der Waals surface area contributed by atoms with Crippen LogP contribution in [-0.4, -0.2) is 11.4 Å². The van der Waals surface area contributed by atoms with Gasteiger partial charge in [0.15, 0.2) is 0 Å². The molecule has 1 fully saturated rings. The van der Waals surface area contributed by atoms with Crippen molar-refractivity contribution in [3.8, 4) is 0 Å². The normalized spacial score (nSPS) is 23.6. The minimum atomic E-state index is 1.10. The molecule has 58 valence electrons. The van der Waals surface area contributed by atoms with Gasteiger partial charge >= 0.3 is 0 Å². The lowest BCUT2D eigenvalue weighted by molar-refractivity contribution is 0.443. The highest BCUT2D eigenvalue weighted by atomic mass is 32.2. The first-order chi connectivity index (χ1) is 5.29. The predicted octanol–water partition coefficient (Wildman–Crippen LogP) is 2.70. The average molecular weight is 165 g/mol. The second-order valence-electron chi connectivity index (χ2n) is 2.81. The van der Waals surface area contributed by atoms with Crippen LogP contribution in [0, 0.1) is 0 Å². The minimum Gasteiger partial charge on any atom is -0.336 e. The summed E-state index contributed by atoms with van der Waals surface area (Å²) in [6, 6.07) is 0. The molecule has 0 aliphatic carbocycles. The van der Waals surface area contributed by atoms with Crippen LogP contribution >= 0.6 is 11.8 Å². The fraction of sp³-hybridized carbons (Fsp3) is 0.333. The van der Waals surface area contributed by atoms with Crippen molar-refractivity contribution in [1.82, 2.24) is 4.90 Å². The highest BCUT2D eigenvalue weighted by molar-refractivity contribution is 8.07. The largest absolute Gasteiger partial charge is 0.336 e. The van der Waals surface area contributed by atoms with Crippen molar-refractivity contribution in [2.75, 3.05) is 6.54 Å². The number of nitrogens with zero attached hydrogens (tertiary/aromatic N) is 1. The third kappa shape index (κ3) is 1.02. The average Bonchev–Trinajstić information content (AvgIpc) is 2.30. The maximum atomic E-state index is 3.98. The molecule has 0 unspecified atom stereocenters. The van der Waals surface area contributed by atoms with Gasteiger partial charge in [-0.05, 0) is 12.8 Å². The Morgan fingerprint density at radius 2 is 2.27 bits per heavy atom. The summed E-state index contributed by atoms with van der Waals surface area (Å²) < 4.78 is 0. The minimum absolute atomic E-state index is 1.10. The summed E-state index contributed by atoms with van der Waals surface area (Å²) in [6.07, 6.45) is 4.73. The lowest BCUT2D eigenvalue weighted by atomic mass is 10.2. The van der Waals surface area contributed by atoms with Crippen molar-refractivity contribution in [3.05, 3.63) is 34.9 Å². The van der Waals surface area contributed by atoms with Gasteiger partial charge in [-0.3, -0.25) is 0 Å². The molecule has 2 heterocycles. The van der Waals surface area contributed by atoms with Gasteiger partial charge in [0.05, 0.1) is 5.03 Å². The number of rotatable bonds is 0. The zero-order valence-electron chi connectivity index (χ0n) is 6.47. The van der Waals surface area contributed by atoms with Crippen LogP contribution in [0.25, 0.3) is 0 Å². The number of hydrogen-bond donors (Lipinski definition) is 0. The Kier molecular flexibility index (Phi) is 1.57. The van der Waals surface area contributed by atoms with Crippen molar-refractivity contribution < 1.29 is 0 Å². The predicted molar refractivity (Wildman–Crippen MR) is 49.9 cm³/mol. The number of hydrogen-bond acceptors (Lipinski definition) is 2. The summed E-state index contributed by atoms with van der Waals surface area (Å²) in [5.74, 6) is 0. The Labute approximate surface area is 71.5 Å². The summed E-state index contributed by atoms with van der Waals surface area (Å²) in [5.41, 5.74) is 1.10. The van der Waals surface area contributed by atoms with Gasteiger partial charge in [0, 0.05) is 17.1 Å². The standard InChI is InChI=1S/C9H11NS/c1-7-8(2)11-9-5-3-4-6-10(7)9/h5H,1-4,6H2. The van der Waals surface area contributed by atoms with E-state index in [9.17, 15) is 0 Å². The first kappa shape index (κ1) is 7.04. The summed E-state index contributed by atoms with van der Waals surface area (Å²) in [7, 11) is 0. The highest BCUT2D eigenvalue weighted by Gasteiger charge is 2.26. The molecule has 0 saturated carbocycles. The van der Waals surface area contributed by atoms with E-state index < -0.39 is 0 Å². The smallest absolute Gasteiger partial charge is 0.0760 e. The third-order valence-corrected chi connectivity index (χ3v) is 3.12. The molecular formula is C9H11NS. The molecule has 0 aromatic rings. The topological polar surface area (TPSA) is 3.24 Å². The monoisotopic (exact) mass is 165 g/mol. The van der Waals surface area contributed by atoms with Crippen molar-refractivity contribution in [2.24, 2.45) is 0 Å². The van der Waals surface area contributed by atoms with Crippen molar-refractivity contribution in [2.45, 2.75) is 12.8 Å². The van der Waals surface area contributed by atoms with E-state index in [2.05, 4.69) is 24.1 Å². The molecule has 0 aromatic heterocycles. The lowest BCUT2D eigenvalue weighted by Gasteiger charge is -2.22. The van der Waals surface area contributed by atoms with E-state index in [0.717, 1.165) is 17.1 Å². The SMILES string of the molecule is C=C1SC2=CCCCN2C1=C. The highest BCUT2D eigenvalue weighted by Crippen LogP contribution is 2.44. The van der Waals surface area contributed by atoms with Crippen molar-refractivity contribution in [3.63, 3.8) is 0 Å². The molecule has 11 heavy (non-hydrogen) atoms. The quantitative estimate of drug-likeness (QED) is 0.543. The third-order valence-electron chi connectivity index (χ3n) is 2.05. The Morgan fingerprint density at radius 1 is 1.45 bits per heavy atom. The van der Waals surface area contributed by atoms with Crippen LogP contribution in [0.2, 0.25) is 0 Å². The molecule has 1 nitrogen and oxygen atoms in total. The molecular weight excluding hydrogens is 154 g/mol. The molecule has 2 aliphatic heterocycles. The molecule has 0 aromatic carbocycles. The molecule has 0 N–H and O–H groups in total. The van der Waals surface area contributed by atoms with Gasteiger partial charge in [0.25, 0.3) is 0 Å². The van der Waals surface area contributed by atoms with E-state index in [-0.39, 0.29) is 0 Å². The summed E-state index contributed by atoms with van der Waals surface area (Å²) in [6.45, 7) is 9.05. The maximum absolute atomic E-state index is 3.98. The Bertz CT molecular complexity index is 252. The maximum Gasteiger partial charge on any atom is 0.0760 e. The van der Waals surface area contributed by atoms with Crippen molar-refractivity contribution in [1.29, 1.82) is 0 Å². The Morgan fingerprint density at radius 3 is 3.00 bits per heavy atom. The fourth-order valence-electron chi connectivity index (χ4n) is 1.40. The first-order valence-electron chi connectivity index (χ1n) is 3.83. The zero-order valence-corrected chi connectivity index (χ0v) is 7.28. The van der Waals surface area contributed by atoms with Crippen LogP contribution in [0.1, 0.15) is 12.8 Å². The Hall–Kier alpha value is -0.630. The second-order valence-corrected chi connectivity index (χ2v) is 3.92. The van der Waals surface area contributed by atoms with Crippen LogP contribution in [0.15, 0.2) is 34.9 Å².